The summed E-state index contributed by atoms with van der Waals surface area (Å²) in [5.41, 5.74) is 0. The van der Waals surface area contributed by atoms with E-state index in [9.17, 15) is 9.59 Å². The van der Waals surface area contributed by atoms with Crippen molar-refractivity contribution >= 4 is 11.9 Å². The molecule has 4 heteroatoms. The van der Waals surface area contributed by atoms with Crippen molar-refractivity contribution in [1.82, 2.24) is 0 Å². The Morgan fingerprint density at radius 1 is 0.864 bits per heavy atom. The van der Waals surface area contributed by atoms with Crippen LogP contribution in [0.1, 0.15) is 97.3 Å². The highest BCUT2D eigenvalue weighted by Gasteiger charge is 2.11. The maximum atomic E-state index is 11.1. The fraction of sp³-hybridized carbons (Fsp3) is 0.889. The highest BCUT2D eigenvalue weighted by molar-refractivity contribution is 5.66. The first kappa shape index (κ1) is 20.9. The lowest BCUT2D eigenvalue weighted by atomic mass is 10.0. The second-order valence-corrected chi connectivity index (χ2v) is 6.13. The van der Waals surface area contributed by atoms with Crippen LogP contribution in [0, 0.1) is 0 Å². The predicted molar refractivity (Wildman–Crippen MR) is 88.9 cm³/mol. The van der Waals surface area contributed by atoms with Crippen molar-refractivity contribution in [3.05, 3.63) is 0 Å². The summed E-state index contributed by atoms with van der Waals surface area (Å²) in [6, 6.07) is 0. The number of aliphatic carboxylic acids is 1. The number of hydrogen-bond donors (Lipinski definition) is 1. The van der Waals surface area contributed by atoms with Gasteiger partial charge in [-0.2, -0.15) is 0 Å². The minimum absolute atomic E-state index is 0.0358. The van der Waals surface area contributed by atoms with E-state index in [1.807, 2.05) is 0 Å². The summed E-state index contributed by atoms with van der Waals surface area (Å²) >= 11 is 0. The van der Waals surface area contributed by atoms with Gasteiger partial charge in [0.25, 0.3) is 0 Å². The van der Waals surface area contributed by atoms with Gasteiger partial charge in [0, 0.05) is 13.3 Å². The van der Waals surface area contributed by atoms with E-state index in [1.54, 1.807) is 0 Å². The first-order valence-electron chi connectivity index (χ1n) is 8.95. The maximum Gasteiger partial charge on any atom is 0.303 e. The van der Waals surface area contributed by atoms with E-state index >= 15 is 0 Å². The van der Waals surface area contributed by atoms with Crippen molar-refractivity contribution in [2.75, 3.05) is 0 Å². The third-order valence-electron chi connectivity index (χ3n) is 3.88. The first-order valence-corrected chi connectivity index (χ1v) is 8.95. The van der Waals surface area contributed by atoms with Gasteiger partial charge >= 0.3 is 11.9 Å². The second kappa shape index (κ2) is 14.9. The predicted octanol–water partition coefficient (Wildman–Crippen LogP) is 5.09. The molecule has 0 heterocycles. The Bertz CT molecular complexity index is 289. The zero-order valence-electron chi connectivity index (χ0n) is 14.4. The lowest BCUT2D eigenvalue weighted by Crippen LogP contribution is -2.16. The molecule has 0 fully saturated rings. The van der Waals surface area contributed by atoms with Crippen LogP contribution in [0.15, 0.2) is 0 Å². The Morgan fingerprint density at radius 3 is 1.86 bits per heavy atom. The fourth-order valence-corrected chi connectivity index (χ4v) is 2.65. The van der Waals surface area contributed by atoms with Crippen LogP contribution in [0.25, 0.3) is 0 Å². The molecule has 0 aliphatic heterocycles. The molecule has 0 rings (SSSR count). The van der Waals surface area contributed by atoms with Crippen molar-refractivity contribution in [3.8, 4) is 0 Å². The van der Waals surface area contributed by atoms with E-state index in [0.29, 0.717) is 6.42 Å². The van der Waals surface area contributed by atoms with Gasteiger partial charge in [-0.3, -0.25) is 9.59 Å². The number of carbonyl (C=O) groups excluding carboxylic acids is 1. The molecular weight excluding hydrogens is 280 g/mol. The van der Waals surface area contributed by atoms with E-state index in [4.69, 9.17) is 9.84 Å². The smallest absolute Gasteiger partial charge is 0.303 e. The Labute approximate surface area is 135 Å². The molecule has 0 aliphatic rings. The number of rotatable bonds is 15. The molecule has 0 aromatic rings. The van der Waals surface area contributed by atoms with Gasteiger partial charge in [-0.15, -0.1) is 0 Å². The first-order chi connectivity index (χ1) is 10.6. The highest BCUT2D eigenvalue weighted by atomic mass is 16.5. The van der Waals surface area contributed by atoms with Crippen molar-refractivity contribution in [2.24, 2.45) is 0 Å². The van der Waals surface area contributed by atoms with Crippen LogP contribution < -0.4 is 0 Å². The average Bonchev–Trinajstić information content (AvgIpc) is 2.45. The van der Waals surface area contributed by atoms with E-state index in [0.717, 1.165) is 25.7 Å². The van der Waals surface area contributed by atoms with Crippen molar-refractivity contribution in [3.63, 3.8) is 0 Å². The molecule has 0 saturated carbocycles. The molecule has 0 aromatic carbocycles. The molecule has 0 amide bonds. The molecule has 130 valence electrons. The molecule has 0 aromatic heterocycles. The zero-order valence-corrected chi connectivity index (χ0v) is 14.4. The second-order valence-electron chi connectivity index (χ2n) is 6.13. The topological polar surface area (TPSA) is 63.6 Å². The van der Waals surface area contributed by atoms with Crippen LogP contribution in [-0.4, -0.2) is 23.1 Å². The van der Waals surface area contributed by atoms with Crippen LogP contribution in [0.3, 0.4) is 0 Å². The van der Waals surface area contributed by atoms with Gasteiger partial charge in [-0.05, 0) is 32.1 Å². The number of esters is 1. The van der Waals surface area contributed by atoms with Crippen LogP contribution in [-0.2, 0) is 14.3 Å². The molecular formula is C18H34O4. The molecule has 0 aliphatic carbocycles. The van der Waals surface area contributed by atoms with Gasteiger partial charge in [0.2, 0.25) is 0 Å². The standard InChI is InChI=1S/C18H34O4/c1-3-4-5-6-7-8-9-10-13-17(22-16(2)19)14-11-12-15-18(20)21/h17H,3-15H2,1-2H3,(H,20,21)/t17-/m1/s1. The molecule has 0 bridgehead atoms. The molecule has 4 nitrogen and oxygen atoms in total. The van der Waals surface area contributed by atoms with E-state index in [1.165, 1.54) is 51.9 Å². The lowest BCUT2D eigenvalue weighted by Gasteiger charge is -2.16. The SMILES string of the molecule is CCCCCCCCCC[C@H](CCCCC(=O)O)OC(C)=O. The Balaban J connectivity index is 3.66. The van der Waals surface area contributed by atoms with Crippen molar-refractivity contribution in [2.45, 2.75) is 103 Å². The maximum absolute atomic E-state index is 11.1. The summed E-state index contributed by atoms with van der Waals surface area (Å²) in [7, 11) is 0. The normalized spacial score (nSPS) is 12.1. The zero-order chi connectivity index (χ0) is 16.6. The number of carbonyl (C=O) groups is 2. The third kappa shape index (κ3) is 15.3. The molecule has 22 heavy (non-hydrogen) atoms. The van der Waals surface area contributed by atoms with Gasteiger partial charge in [0.15, 0.2) is 0 Å². The van der Waals surface area contributed by atoms with Gasteiger partial charge in [-0.1, -0.05) is 51.9 Å². The van der Waals surface area contributed by atoms with Crippen LogP contribution in [0.4, 0.5) is 0 Å². The molecule has 0 unspecified atom stereocenters. The van der Waals surface area contributed by atoms with Gasteiger partial charge in [0.1, 0.15) is 6.10 Å². The molecule has 1 atom stereocenters. The van der Waals surface area contributed by atoms with E-state index in [-0.39, 0.29) is 18.5 Å². The van der Waals surface area contributed by atoms with E-state index < -0.39 is 5.97 Å². The number of carboxylic acid groups (broad SMARTS) is 1. The minimum atomic E-state index is -0.757. The Morgan fingerprint density at radius 2 is 1.36 bits per heavy atom. The minimum Gasteiger partial charge on any atom is -0.481 e. The molecule has 0 radical (unpaired) electrons. The van der Waals surface area contributed by atoms with Crippen LogP contribution >= 0.6 is 0 Å². The summed E-state index contributed by atoms with van der Waals surface area (Å²) in [5, 5.41) is 8.62. The number of ether oxygens (including phenoxy) is 1. The summed E-state index contributed by atoms with van der Waals surface area (Å²) < 4.78 is 5.33. The largest absolute Gasteiger partial charge is 0.481 e. The summed E-state index contributed by atoms with van der Waals surface area (Å²) in [6.45, 7) is 3.67. The number of carboxylic acids is 1. The molecule has 0 saturated heterocycles. The quantitative estimate of drug-likeness (QED) is 0.337. The summed E-state index contributed by atoms with van der Waals surface area (Å²) in [4.78, 5) is 21.6. The lowest BCUT2D eigenvalue weighted by molar-refractivity contribution is -0.147. The summed E-state index contributed by atoms with van der Waals surface area (Å²) in [6.07, 6.45) is 13.5. The molecule has 1 N–H and O–H groups in total. The van der Waals surface area contributed by atoms with Gasteiger partial charge in [0.05, 0.1) is 0 Å². The monoisotopic (exact) mass is 314 g/mol. The highest BCUT2D eigenvalue weighted by Crippen LogP contribution is 2.16. The molecule has 0 spiro atoms. The van der Waals surface area contributed by atoms with Crippen molar-refractivity contribution < 1.29 is 19.4 Å². The number of unbranched alkanes of at least 4 members (excludes halogenated alkanes) is 8. The van der Waals surface area contributed by atoms with Gasteiger partial charge in [-0.25, -0.2) is 0 Å². The fourth-order valence-electron chi connectivity index (χ4n) is 2.65. The summed E-state index contributed by atoms with van der Waals surface area (Å²) in [5.74, 6) is -0.991. The van der Waals surface area contributed by atoms with Crippen molar-refractivity contribution in [1.29, 1.82) is 0 Å². The van der Waals surface area contributed by atoms with Crippen LogP contribution in [0.5, 0.6) is 0 Å². The third-order valence-corrected chi connectivity index (χ3v) is 3.88. The number of hydrogen-bond acceptors (Lipinski definition) is 3. The van der Waals surface area contributed by atoms with Crippen LogP contribution in [0.2, 0.25) is 0 Å². The average molecular weight is 314 g/mol. The van der Waals surface area contributed by atoms with E-state index in [2.05, 4.69) is 6.92 Å². The van der Waals surface area contributed by atoms with Gasteiger partial charge < -0.3 is 9.84 Å². The Hall–Kier alpha value is -1.06. The Kier molecular flexibility index (Phi) is 14.1.